The van der Waals surface area contributed by atoms with Gasteiger partial charge in [0.1, 0.15) is 0 Å². The molecular formula is C13H17N. The fourth-order valence-electron chi connectivity index (χ4n) is 1.37. The molecule has 0 amide bonds. The van der Waals surface area contributed by atoms with Crippen LogP contribution in [0, 0.1) is 0 Å². The van der Waals surface area contributed by atoms with E-state index in [1.165, 1.54) is 16.7 Å². The largest absolute Gasteiger partial charge is 0.326 e. The molecule has 0 aliphatic heterocycles. The Bertz CT molecular complexity index is 331. The molecule has 1 heteroatoms. The van der Waals surface area contributed by atoms with Gasteiger partial charge in [-0.2, -0.15) is 0 Å². The topological polar surface area (TPSA) is 26.0 Å². The Kier molecular flexibility index (Phi) is 4.14. The van der Waals surface area contributed by atoms with Gasteiger partial charge >= 0.3 is 0 Å². The standard InChI is InChI=1S/C13H17N/c1-3-5-12(4-2)13-8-6-11(10-14)7-9-13/h3-9H,10,14H2,1-2H3/b5-3-,12-4+. The lowest BCUT2D eigenvalue weighted by molar-refractivity contribution is 1.07. The summed E-state index contributed by atoms with van der Waals surface area (Å²) in [6.07, 6.45) is 6.26. The molecule has 14 heavy (non-hydrogen) atoms. The van der Waals surface area contributed by atoms with Gasteiger partial charge in [-0.1, -0.05) is 42.5 Å². The van der Waals surface area contributed by atoms with E-state index in [-0.39, 0.29) is 0 Å². The highest BCUT2D eigenvalue weighted by Gasteiger charge is 1.95. The lowest BCUT2D eigenvalue weighted by Gasteiger charge is -2.03. The molecule has 74 valence electrons. The second-order valence-electron chi connectivity index (χ2n) is 3.15. The zero-order valence-electron chi connectivity index (χ0n) is 8.83. The van der Waals surface area contributed by atoms with E-state index < -0.39 is 0 Å². The summed E-state index contributed by atoms with van der Waals surface area (Å²) in [5, 5.41) is 0. The number of allylic oxidation sites excluding steroid dienone is 4. The van der Waals surface area contributed by atoms with Crippen molar-refractivity contribution in [2.75, 3.05) is 0 Å². The van der Waals surface area contributed by atoms with Crippen LogP contribution in [0.3, 0.4) is 0 Å². The van der Waals surface area contributed by atoms with Crippen LogP contribution in [0.25, 0.3) is 5.57 Å². The van der Waals surface area contributed by atoms with Crippen LogP contribution in [0.1, 0.15) is 25.0 Å². The Morgan fingerprint density at radius 2 is 1.86 bits per heavy atom. The number of hydrogen-bond acceptors (Lipinski definition) is 1. The van der Waals surface area contributed by atoms with Gasteiger partial charge in [-0.05, 0) is 30.5 Å². The minimum atomic E-state index is 0.606. The third kappa shape index (κ3) is 2.57. The molecule has 0 aromatic heterocycles. The molecule has 0 aliphatic rings. The molecule has 0 atom stereocenters. The molecule has 0 radical (unpaired) electrons. The fraction of sp³-hybridized carbons (Fsp3) is 0.231. The molecule has 1 nitrogen and oxygen atoms in total. The highest BCUT2D eigenvalue weighted by molar-refractivity contribution is 5.73. The van der Waals surface area contributed by atoms with Gasteiger partial charge in [0.05, 0.1) is 0 Å². The summed E-state index contributed by atoms with van der Waals surface area (Å²) in [6, 6.07) is 8.36. The molecular weight excluding hydrogens is 170 g/mol. The summed E-state index contributed by atoms with van der Waals surface area (Å²) >= 11 is 0. The Morgan fingerprint density at radius 1 is 1.21 bits per heavy atom. The van der Waals surface area contributed by atoms with Crippen LogP contribution in [0.15, 0.2) is 42.5 Å². The Hall–Kier alpha value is -1.34. The smallest absolute Gasteiger partial charge is 0.0178 e. The van der Waals surface area contributed by atoms with Crippen molar-refractivity contribution in [3.8, 4) is 0 Å². The maximum atomic E-state index is 5.54. The highest BCUT2D eigenvalue weighted by Crippen LogP contribution is 2.16. The van der Waals surface area contributed by atoms with E-state index in [4.69, 9.17) is 5.73 Å². The molecule has 1 aromatic rings. The van der Waals surface area contributed by atoms with Gasteiger partial charge in [-0.3, -0.25) is 0 Å². The first kappa shape index (κ1) is 10.7. The average molecular weight is 187 g/mol. The van der Waals surface area contributed by atoms with Crippen molar-refractivity contribution < 1.29 is 0 Å². The Morgan fingerprint density at radius 3 is 2.29 bits per heavy atom. The van der Waals surface area contributed by atoms with Crippen LogP contribution < -0.4 is 5.73 Å². The van der Waals surface area contributed by atoms with E-state index in [1.54, 1.807) is 0 Å². The van der Waals surface area contributed by atoms with Crippen molar-refractivity contribution in [2.24, 2.45) is 5.73 Å². The lowest BCUT2D eigenvalue weighted by atomic mass is 10.0. The predicted molar refractivity (Wildman–Crippen MR) is 62.8 cm³/mol. The van der Waals surface area contributed by atoms with Crippen LogP contribution in [0.4, 0.5) is 0 Å². The van der Waals surface area contributed by atoms with E-state index in [0.29, 0.717) is 6.54 Å². The summed E-state index contributed by atoms with van der Waals surface area (Å²) in [5.74, 6) is 0. The first-order chi connectivity index (χ1) is 6.81. The maximum Gasteiger partial charge on any atom is 0.0178 e. The summed E-state index contributed by atoms with van der Waals surface area (Å²) in [5.41, 5.74) is 9.19. The zero-order chi connectivity index (χ0) is 10.4. The van der Waals surface area contributed by atoms with Crippen LogP contribution in [-0.2, 0) is 6.54 Å². The molecule has 0 aliphatic carbocycles. The van der Waals surface area contributed by atoms with Crippen molar-refractivity contribution in [2.45, 2.75) is 20.4 Å². The quantitative estimate of drug-likeness (QED) is 0.723. The fourth-order valence-corrected chi connectivity index (χ4v) is 1.37. The van der Waals surface area contributed by atoms with Crippen LogP contribution in [0.5, 0.6) is 0 Å². The van der Waals surface area contributed by atoms with Gasteiger partial charge in [-0.15, -0.1) is 0 Å². The summed E-state index contributed by atoms with van der Waals surface area (Å²) in [7, 11) is 0. The summed E-state index contributed by atoms with van der Waals surface area (Å²) < 4.78 is 0. The predicted octanol–water partition coefficient (Wildman–Crippen LogP) is 3.12. The molecule has 0 saturated carbocycles. The van der Waals surface area contributed by atoms with E-state index in [1.807, 2.05) is 19.9 Å². The monoisotopic (exact) mass is 187 g/mol. The number of benzene rings is 1. The first-order valence-electron chi connectivity index (χ1n) is 4.90. The van der Waals surface area contributed by atoms with Crippen molar-refractivity contribution in [1.82, 2.24) is 0 Å². The van der Waals surface area contributed by atoms with Crippen LogP contribution in [-0.4, -0.2) is 0 Å². The molecule has 1 aromatic carbocycles. The van der Waals surface area contributed by atoms with Crippen molar-refractivity contribution in [1.29, 1.82) is 0 Å². The van der Waals surface area contributed by atoms with E-state index in [9.17, 15) is 0 Å². The highest BCUT2D eigenvalue weighted by atomic mass is 14.5. The van der Waals surface area contributed by atoms with E-state index in [2.05, 4.69) is 36.4 Å². The Balaban J connectivity index is 2.96. The number of hydrogen-bond donors (Lipinski definition) is 1. The minimum absolute atomic E-state index is 0.606. The zero-order valence-corrected chi connectivity index (χ0v) is 8.83. The van der Waals surface area contributed by atoms with Gasteiger partial charge in [0.2, 0.25) is 0 Å². The van der Waals surface area contributed by atoms with Gasteiger partial charge in [-0.25, -0.2) is 0 Å². The second-order valence-corrected chi connectivity index (χ2v) is 3.15. The summed E-state index contributed by atoms with van der Waals surface area (Å²) in [6.45, 7) is 4.68. The average Bonchev–Trinajstić information content (AvgIpc) is 2.26. The summed E-state index contributed by atoms with van der Waals surface area (Å²) in [4.78, 5) is 0. The second kappa shape index (κ2) is 5.40. The van der Waals surface area contributed by atoms with Crippen LogP contribution >= 0.6 is 0 Å². The van der Waals surface area contributed by atoms with Gasteiger partial charge in [0, 0.05) is 6.54 Å². The van der Waals surface area contributed by atoms with Gasteiger partial charge in [0.25, 0.3) is 0 Å². The molecule has 0 heterocycles. The van der Waals surface area contributed by atoms with Gasteiger partial charge < -0.3 is 5.73 Å². The third-order valence-corrected chi connectivity index (χ3v) is 2.18. The molecule has 0 unspecified atom stereocenters. The third-order valence-electron chi connectivity index (χ3n) is 2.18. The van der Waals surface area contributed by atoms with Crippen molar-refractivity contribution >= 4 is 5.57 Å². The molecule has 1 rings (SSSR count). The molecule has 0 bridgehead atoms. The minimum Gasteiger partial charge on any atom is -0.326 e. The van der Waals surface area contributed by atoms with Crippen LogP contribution in [0.2, 0.25) is 0 Å². The molecule has 2 N–H and O–H groups in total. The molecule has 0 saturated heterocycles. The molecule has 0 fully saturated rings. The van der Waals surface area contributed by atoms with Gasteiger partial charge in [0.15, 0.2) is 0 Å². The lowest BCUT2D eigenvalue weighted by Crippen LogP contribution is -1.95. The number of nitrogens with two attached hydrogens (primary N) is 1. The SMILES string of the molecule is C/C=C\C(=C/C)c1ccc(CN)cc1. The van der Waals surface area contributed by atoms with Crippen molar-refractivity contribution in [3.63, 3.8) is 0 Å². The Labute approximate surface area is 85.9 Å². The van der Waals surface area contributed by atoms with E-state index >= 15 is 0 Å². The normalized spacial score (nSPS) is 12.4. The van der Waals surface area contributed by atoms with Crippen molar-refractivity contribution in [3.05, 3.63) is 53.6 Å². The first-order valence-corrected chi connectivity index (χ1v) is 4.90. The molecule has 0 spiro atoms. The number of rotatable bonds is 3. The van der Waals surface area contributed by atoms with E-state index in [0.717, 1.165) is 0 Å². The maximum absolute atomic E-state index is 5.54.